The van der Waals surface area contributed by atoms with Crippen LogP contribution in [0.4, 0.5) is 0 Å². The molecule has 0 aromatic carbocycles. The predicted octanol–water partition coefficient (Wildman–Crippen LogP) is 3.91. The number of carbonyl (C=O) groups excluding carboxylic acids is 2. The Hall–Kier alpha value is -1.88. The van der Waals surface area contributed by atoms with E-state index >= 15 is 0 Å². The molecule has 2 heterocycles. The van der Waals surface area contributed by atoms with E-state index in [0.717, 1.165) is 19.3 Å². The second-order valence-electron chi connectivity index (χ2n) is 13.1. The number of ether oxygens (including phenoxy) is 5. The van der Waals surface area contributed by atoms with Crippen molar-refractivity contribution >= 4 is 11.8 Å². The van der Waals surface area contributed by atoms with Crippen molar-refractivity contribution in [2.75, 3.05) is 14.2 Å². The fourth-order valence-corrected chi connectivity index (χ4v) is 8.17. The standard InChI is InChI=1S/C34H50O9/c1-6-7-9-21-10-8-11-28(35)18(2)30(37)27-16-25-23(26(27)17-29(36)42-21)13-12-20-14-22(15-24(20)25)43-34-33(40-5)31(38)32(39-4)19(3)41-34/h7,9,12-13,16,18-26,28,31-35,38H,6,8,10-11,14-15,17H2,1-5H3/b9-7+/t18-,19+,20-,21+,22-,23-,24-,25-,26+,28+,31-,32+,33-,34+/m1/s1. The second-order valence-corrected chi connectivity index (χ2v) is 13.1. The molecule has 3 fully saturated rings. The van der Waals surface area contributed by atoms with Crippen LogP contribution in [0.2, 0.25) is 0 Å². The Bertz CT molecular complexity index is 1080. The predicted molar refractivity (Wildman–Crippen MR) is 159 cm³/mol. The van der Waals surface area contributed by atoms with Gasteiger partial charge in [0.2, 0.25) is 0 Å². The third kappa shape index (κ3) is 6.72. The molecule has 2 N–H and O–H groups in total. The van der Waals surface area contributed by atoms with Crippen LogP contribution in [-0.4, -0.2) is 85.2 Å². The molecule has 2 saturated heterocycles. The Morgan fingerprint density at radius 2 is 1.79 bits per heavy atom. The van der Waals surface area contributed by atoms with Crippen molar-refractivity contribution in [3.8, 4) is 0 Å². The number of cyclic esters (lactones) is 1. The lowest BCUT2D eigenvalue weighted by atomic mass is 9.70. The third-order valence-corrected chi connectivity index (χ3v) is 10.5. The quantitative estimate of drug-likeness (QED) is 0.344. The molecule has 0 aromatic rings. The van der Waals surface area contributed by atoms with E-state index in [1.165, 1.54) is 7.11 Å². The van der Waals surface area contributed by atoms with Crippen LogP contribution in [0.25, 0.3) is 0 Å². The first-order valence-corrected chi connectivity index (χ1v) is 16.2. The molecule has 14 atom stereocenters. The first kappa shape index (κ1) is 32.5. The lowest BCUT2D eigenvalue weighted by Crippen LogP contribution is -2.59. The van der Waals surface area contributed by atoms with Gasteiger partial charge in [-0.1, -0.05) is 38.2 Å². The first-order chi connectivity index (χ1) is 20.7. The van der Waals surface area contributed by atoms with Crippen LogP contribution in [0, 0.1) is 35.5 Å². The van der Waals surface area contributed by atoms with Gasteiger partial charge in [0.25, 0.3) is 0 Å². The Kier molecular flexibility index (Phi) is 10.6. The van der Waals surface area contributed by atoms with Gasteiger partial charge < -0.3 is 33.9 Å². The summed E-state index contributed by atoms with van der Waals surface area (Å²) in [5.74, 6) is -0.582. The summed E-state index contributed by atoms with van der Waals surface area (Å²) in [5.41, 5.74) is 0.659. The SMILES string of the molecule is CC/C=C/[C@H]1CCC[C@H](O)[C@@H](C)C(=O)C2=C[C@@H]3[C@@H](C=C[C@@H]4C[C@@H](O[C@@H]5O[C@@H](C)[C@H](OC)[C@@H](O)[C@H]5OC)C[C@@H]34)[C@@H]2CC(=O)O1. The summed E-state index contributed by atoms with van der Waals surface area (Å²) in [6, 6.07) is 0. The molecule has 43 heavy (non-hydrogen) atoms. The monoisotopic (exact) mass is 602 g/mol. The van der Waals surface area contributed by atoms with E-state index < -0.39 is 36.6 Å². The van der Waals surface area contributed by atoms with E-state index in [4.69, 9.17) is 23.7 Å². The minimum atomic E-state index is -0.881. The molecule has 240 valence electrons. The zero-order chi connectivity index (χ0) is 30.8. The molecule has 0 spiro atoms. The molecule has 2 aliphatic heterocycles. The highest BCUT2D eigenvalue weighted by Crippen LogP contribution is 2.54. The number of carbonyl (C=O) groups is 2. The third-order valence-electron chi connectivity index (χ3n) is 10.5. The van der Waals surface area contributed by atoms with E-state index in [1.807, 2.05) is 32.9 Å². The number of Topliss-reactive ketones (excluding diaryl/α,β-unsaturated/α-hetero) is 1. The molecular formula is C34H50O9. The van der Waals surface area contributed by atoms with Gasteiger partial charge in [-0.05, 0) is 80.8 Å². The molecule has 3 aliphatic carbocycles. The molecule has 0 bridgehead atoms. The maximum Gasteiger partial charge on any atom is 0.307 e. The molecule has 1 saturated carbocycles. The van der Waals surface area contributed by atoms with Crippen LogP contribution >= 0.6 is 0 Å². The number of hydrogen-bond acceptors (Lipinski definition) is 9. The van der Waals surface area contributed by atoms with Gasteiger partial charge in [-0.25, -0.2) is 0 Å². The number of allylic oxidation sites excluding steroid dienone is 5. The molecule has 5 rings (SSSR count). The lowest BCUT2D eigenvalue weighted by Gasteiger charge is -2.42. The topological polar surface area (TPSA) is 121 Å². The number of aliphatic hydroxyl groups excluding tert-OH is 2. The number of ketones is 1. The normalized spacial score (nSPS) is 45.5. The maximum atomic E-state index is 13.8. The molecule has 9 heteroatoms. The largest absolute Gasteiger partial charge is 0.458 e. The molecule has 5 aliphatic rings. The average Bonchev–Trinajstić information content (AvgIpc) is 3.55. The van der Waals surface area contributed by atoms with Gasteiger partial charge in [0.15, 0.2) is 12.1 Å². The Morgan fingerprint density at radius 1 is 1.02 bits per heavy atom. The van der Waals surface area contributed by atoms with Crippen molar-refractivity contribution in [2.45, 2.75) is 115 Å². The fourth-order valence-electron chi connectivity index (χ4n) is 8.17. The molecule has 0 amide bonds. The summed E-state index contributed by atoms with van der Waals surface area (Å²) in [6.07, 6.45) is 10.5. The van der Waals surface area contributed by atoms with E-state index in [0.29, 0.717) is 24.8 Å². The molecule has 0 unspecified atom stereocenters. The summed E-state index contributed by atoms with van der Waals surface area (Å²) in [7, 11) is 3.08. The van der Waals surface area contributed by atoms with Crippen molar-refractivity contribution in [3.63, 3.8) is 0 Å². The van der Waals surface area contributed by atoms with Crippen LogP contribution in [0.15, 0.2) is 36.0 Å². The molecule has 0 aromatic heterocycles. The van der Waals surface area contributed by atoms with Crippen LogP contribution in [-0.2, 0) is 33.3 Å². The zero-order valence-electron chi connectivity index (χ0n) is 26.2. The molecular weight excluding hydrogens is 552 g/mol. The van der Waals surface area contributed by atoms with Gasteiger partial charge in [0, 0.05) is 26.1 Å². The summed E-state index contributed by atoms with van der Waals surface area (Å²) in [6.45, 7) is 5.71. The maximum absolute atomic E-state index is 13.8. The Morgan fingerprint density at radius 3 is 2.51 bits per heavy atom. The smallest absolute Gasteiger partial charge is 0.307 e. The van der Waals surface area contributed by atoms with E-state index in [-0.39, 0.29) is 66.1 Å². The molecule has 0 radical (unpaired) electrons. The first-order valence-electron chi connectivity index (χ1n) is 16.2. The number of esters is 1. The Labute approximate surface area is 255 Å². The molecule has 9 nitrogen and oxygen atoms in total. The number of methoxy groups -OCH3 is 2. The number of fused-ring (bicyclic) bond motifs is 5. The van der Waals surface area contributed by atoms with Crippen LogP contribution < -0.4 is 0 Å². The summed E-state index contributed by atoms with van der Waals surface area (Å²) in [5, 5.41) is 21.8. The number of rotatable bonds is 6. The van der Waals surface area contributed by atoms with Gasteiger partial charge in [0.1, 0.15) is 24.4 Å². The fraction of sp³-hybridized carbons (Fsp3) is 0.765. The highest BCUT2D eigenvalue weighted by molar-refractivity contribution is 5.99. The van der Waals surface area contributed by atoms with Gasteiger partial charge in [-0.15, -0.1) is 0 Å². The highest BCUT2D eigenvalue weighted by atomic mass is 16.7. The Balaban J connectivity index is 1.34. The van der Waals surface area contributed by atoms with Gasteiger partial charge in [-0.3, -0.25) is 9.59 Å². The summed E-state index contributed by atoms with van der Waals surface area (Å²) >= 11 is 0. The van der Waals surface area contributed by atoms with Gasteiger partial charge >= 0.3 is 5.97 Å². The van der Waals surface area contributed by atoms with Crippen LogP contribution in [0.5, 0.6) is 0 Å². The minimum absolute atomic E-state index is 0.00498. The zero-order valence-corrected chi connectivity index (χ0v) is 26.2. The van der Waals surface area contributed by atoms with Crippen molar-refractivity contribution in [1.29, 1.82) is 0 Å². The lowest BCUT2D eigenvalue weighted by molar-refractivity contribution is -0.311. The van der Waals surface area contributed by atoms with Crippen molar-refractivity contribution in [3.05, 3.63) is 36.0 Å². The van der Waals surface area contributed by atoms with Crippen LogP contribution in [0.1, 0.15) is 65.7 Å². The van der Waals surface area contributed by atoms with Gasteiger partial charge in [-0.2, -0.15) is 0 Å². The second kappa shape index (κ2) is 14.0. The van der Waals surface area contributed by atoms with E-state index in [9.17, 15) is 19.8 Å². The summed E-state index contributed by atoms with van der Waals surface area (Å²) < 4.78 is 29.5. The number of aliphatic hydroxyl groups is 2. The highest BCUT2D eigenvalue weighted by Gasteiger charge is 2.52. The minimum Gasteiger partial charge on any atom is -0.458 e. The van der Waals surface area contributed by atoms with Crippen LogP contribution in [0.3, 0.4) is 0 Å². The number of hydrogen-bond donors (Lipinski definition) is 2. The van der Waals surface area contributed by atoms with E-state index in [1.54, 1.807) is 7.11 Å². The average molecular weight is 603 g/mol. The van der Waals surface area contributed by atoms with Gasteiger partial charge in [0.05, 0.1) is 24.7 Å². The van der Waals surface area contributed by atoms with E-state index in [2.05, 4.69) is 18.2 Å². The van der Waals surface area contributed by atoms with Crippen molar-refractivity contribution < 1.29 is 43.5 Å². The van der Waals surface area contributed by atoms with Crippen molar-refractivity contribution in [2.24, 2.45) is 35.5 Å². The van der Waals surface area contributed by atoms with Crippen molar-refractivity contribution in [1.82, 2.24) is 0 Å². The summed E-state index contributed by atoms with van der Waals surface area (Å²) in [4.78, 5) is 27.1.